The van der Waals surface area contributed by atoms with E-state index in [1.807, 2.05) is 6.08 Å². The number of carbonyl (C=O) groups excluding carboxylic acids is 1. The van der Waals surface area contributed by atoms with Gasteiger partial charge in [-0.3, -0.25) is 4.79 Å². The van der Waals surface area contributed by atoms with Crippen molar-refractivity contribution in [1.29, 1.82) is 0 Å². The number of hydrogen-bond acceptors (Lipinski definition) is 18. The van der Waals surface area contributed by atoms with E-state index in [4.69, 9.17) is 28.4 Å². The molecule has 3 aliphatic rings. The van der Waals surface area contributed by atoms with Crippen LogP contribution in [-0.4, -0.2) is 193 Å². The highest BCUT2D eigenvalue weighted by molar-refractivity contribution is 5.76. The van der Waals surface area contributed by atoms with Crippen LogP contribution in [0, 0.1) is 0 Å². The third kappa shape index (κ3) is 37.2. The van der Waals surface area contributed by atoms with Crippen molar-refractivity contribution in [2.75, 3.05) is 26.4 Å². The number of aliphatic hydroxyl groups excluding tert-OH is 11. The third-order valence-electron chi connectivity index (χ3n) is 16.9. The maximum atomic E-state index is 13.4. The van der Waals surface area contributed by atoms with Crippen molar-refractivity contribution < 1.29 is 89.4 Å². The van der Waals surface area contributed by atoms with Crippen LogP contribution in [0.2, 0.25) is 0 Å². The smallest absolute Gasteiger partial charge is 0.220 e. The van der Waals surface area contributed by atoms with Crippen molar-refractivity contribution in [3.05, 3.63) is 146 Å². The first kappa shape index (κ1) is 85.9. The summed E-state index contributed by atoms with van der Waals surface area (Å²) < 4.78 is 34.2. The number of allylic oxidation sites excluding steroid dienone is 23. The highest BCUT2D eigenvalue weighted by Crippen LogP contribution is 2.33. The van der Waals surface area contributed by atoms with Crippen molar-refractivity contribution in [3.63, 3.8) is 0 Å². The monoisotopic (exact) mass is 1350 g/mol. The number of carbonyl (C=O) groups is 1. The molecule has 3 aliphatic heterocycles. The number of rotatable bonds is 53. The third-order valence-corrected chi connectivity index (χ3v) is 16.9. The highest BCUT2D eigenvalue weighted by Gasteiger charge is 2.53. The van der Waals surface area contributed by atoms with E-state index in [1.165, 1.54) is 32.1 Å². The topological polar surface area (TPSA) is 307 Å². The van der Waals surface area contributed by atoms with Gasteiger partial charge >= 0.3 is 0 Å². The molecule has 0 aliphatic carbocycles. The van der Waals surface area contributed by atoms with Crippen LogP contribution in [0.4, 0.5) is 0 Å². The van der Waals surface area contributed by atoms with Gasteiger partial charge in [0.2, 0.25) is 5.91 Å². The van der Waals surface area contributed by atoms with Crippen LogP contribution in [0.25, 0.3) is 0 Å². The van der Waals surface area contributed by atoms with Gasteiger partial charge in [0.05, 0.1) is 38.6 Å². The molecule has 3 rings (SSSR count). The fourth-order valence-electron chi connectivity index (χ4n) is 11.1. The molecule has 0 aromatic rings. The Morgan fingerprint density at radius 2 is 0.719 bits per heavy atom. The highest BCUT2D eigenvalue weighted by atomic mass is 16.8. The number of nitrogens with one attached hydrogen (secondary N) is 1. The van der Waals surface area contributed by atoms with Gasteiger partial charge in [-0.05, 0) is 103 Å². The van der Waals surface area contributed by atoms with Gasteiger partial charge in [-0.1, -0.05) is 237 Å². The summed E-state index contributed by atoms with van der Waals surface area (Å²) in [6.45, 7) is 1.54. The molecule has 0 radical (unpaired) electrons. The van der Waals surface area contributed by atoms with Gasteiger partial charge in [0.15, 0.2) is 18.9 Å². The van der Waals surface area contributed by atoms with Gasteiger partial charge in [-0.15, -0.1) is 0 Å². The second-order valence-electron chi connectivity index (χ2n) is 25.0. The molecule has 19 heteroatoms. The number of ether oxygens (including phenoxy) is 6. The summed E-state index contributed by atoms with van der Waals surface area (Å²) in [7, 11) is 0. The number of aliphatic hydroxyl groups is 11. The summed E-state index contributed by atoms with van der Waals surface area (Å²) in [5.74, 6) is -0.296. The largest absolute Gasteiger partial charge is 0.394 e. The Balaban J connectivity index is 1.32. The second-order valence-corrected chi connectivity index (χ2v) is 25.0. The number of hydrogen-bond donors (Lipinski definition) is 12. The van der Waals surface area contributed by atoms with Gasteiger partial charge in [0.1, 0.15) is 73.2 Å². The lowest BCUT2D eigenvalue weighted by atomic mass is 9.96. The quantitative estimate of drug-likeness (QED) is 0.0199. The summed E-state index contributed by atoms with van der Waals surface area (Å²) >= 11 is 0. The Hall–Kier alpha value is -4.33. The van der Waals surface area contributed by atoms with Gasteiger partial charge in [0, 0.05) is 6.42 Å². The molecule has 3 heterocycles. The van der Waals surface area contributed by atoms with Crippen LogP contribution in [0.5, 0.6) is 0 Å². The van der Waals surface area contributed by atoms with Gasteiger partial charge in [-0.2, -0.15) is 0 Å². The first-order chi connectivity index (χ1) is 46.8. The fourth-order valence-corrected chi connectivity index (χ4v) is 11.1. The van der Waals surface area contributed by atoms with E-state index in [9.17, 15) is 61.0 Å². The van der Waals surface area contributed by atoms with Crippen molar-refractivity contribution in [2.45, 2.75) is 304 Å². The predicted octanol–water partition coefficient (Wildman–Crippen LogP) is 10.3. The zero-order valence-electron chi connectivity index (χ0n) is 57.8. The lowest BCUT2D eigenvalue weighted by Gasteiger charge is -2.48. The Kier molecular flexibility index (Phi) is 50.5. The average Bonchev–Trinajstić information content (AvgIpc) is 0.849. The van der Waals surface area contributed by atoms with Crippen molar-refractivity contribution in [1.82, 2.24) is 5.32 Å². The Morgan fingerprint density at radius 1 is 0.385 bits per heavy atom. The van der Waals surface area contributed by atoms with E-state index < -0.39 is 124 Å². The fraction of sp³-hybridized carbons (Fsp3) is 0.675. The maximum Gasteiger partial charge on any atom is 0.220 e. The van der Waals surface area contributed by atoms with Crippen LogP contribution in [-0.2, 0) is 33.2 Å². The summed E-state index contributed by atoms with van der Waals surface area (Å²) in [6.07, 6.45) is 54.2. The minimum atomic E-state index is -1.98. The molecule has 96 heavy (non-hydrogen) atoms. The van der Waals surface area contributed by atoms with E-state index in [1.54, 1.807) is 6.08 Å². The Labute approximate surface area is 574 Å². The molecule has 0 aromatic carbocycles. The molecular formula is C77H125NO18. The molecule has 546 valence electrons. The van der Waals surface area contributed by atoms with Crippen LogP contribution in [0.15, 0.2) is 146 Å². The Bertz CT molecular complexity index is 2310. The first-order valence-corrected chi connectivity index (χ1v) is 36.1. The number of amides is 1. The SMILES string of the molecule is CC/C=C\C/C=C\C/C=C\C/C=C\C/C=C\C/C=C\C/C=C\C/C=C\C/C=C\C/C=C\C/C=C\CCCCCCCCCC(=O)NC(COC1OC(CO)C(OC2OC(CO)C(OC3OC(CO)C(O)C(O)C3O)C(O)C2O)C(O)C1O)C(O)/C=C/CCCCCCCCCC. The van der Waals surface area contributed by atoms with E-state index in [0.717, 1.165) is 141 Å². The zero-order valence-corrected chi connectivity index (χ0v) is 57.8. The average molecular weight is 1350 g/mol. The van der Waals surface area contributed by atoms with Gasteiger partial charge < -0.3 is 89.9 Å². The van der Waals surface area contributed by atoms with Crippen LogP contribution < -0.4 is 5.32 Å². The molecular weight excluding hydrogens is 1230 g/mol. The normalized spacial score (nSPS) is 27.9. The van der Waals surface area contributed by atoms with Crippen molar-refractivity contribution in [3.8, 4) is 0 Å². The van der Waals surface area contributed by atoms with E-state index in [2.05, 4.69) is 153 Å². The summed E-state index contributed by atoms with van der Waals surface area (Å²) in [5.41, 5.74) is 0. The second kappa shape index (κ2) is 56.4. The van der Waals surface area contributed by atoms with E-state index in [0.29, 0.717) is 6.42 Å². The van der Waals surface area contributed by atoms with Crippen LogP contribution >= 0.6 is 0 Å². The van der Waals surface area contributed by atoms with Gasteiger partial charge in [0.25, 0.3) is 0 Å². The van der Waals surface area contributed by atoms with Crippen molar-refractivity contribution >= 4 is 5.91 Å². The Morgan fingerprint density at radius 3 is 1.12 bits per heavy atom. The molecule has 3 fully saturated rings. The number of unbranched alkanes of at least 4 members (excludes halogenated alkanes) is 15. The summed E-state index contributed by atoms with van der Waals surface area (Å²) in [4.78, 5) is 13.4. The maximum absolute atomic E-state index is 13.4. The standard InChI is InChI=1S/C77H125NO18/c1-3-5-7-9-11-13-15-16-17-18-19-20-21-22-23-24-25-26-27-28-29-30-31-32-33-34-35-36-37-38-39-40-41-42-43-44-45-47-49-51-53-55-65(83)78-60(61(82)54-52-50-48-46-14-12-10-8-6-4-2)59-91-75-71(89)68(86)73(63(57-80)93-75)96-77-72(90)69(87)74(64(58-81)94-77)95-76-70(88)67(85)66(84)62(56-79)92-76/h5,7,11,13,16-17,19-20,22-23,25-26,28-29,31-32,34-35,37-38,40-41,52,54,60-64,66-77,79-82,84-90H,3-4,6,8-10,12,14-15,18,21,24,27,30,33,36,39,42-51,53,55-59H2,1-2H3,(H,78,83)/b7-5-,13-11-,17-16-,20-19-,23-22-,26-25-,29-28-,32-31-,35-34-,38-37-,41-40-,54-52+. The molecule has 0 saturated carbocycles. The van der Waals surface area contributed by atoms with Crippen LogP contribution in [0.3, 0.4) is 0 Å². The lowest BCUT2D eigenvalue weighted by Crippen LogP contribution is -2.66. The molecule has 17 atom stereocenters. The molecule has 0 aromatic heterocycles. The minimum Gasteiger partial charge on any atom is -0.394 e. The molecule has 1 amide bonds. The molecule has 17 unspecified atom stereocenters. The van der Waals surface area contributed by atoms with E-state index >= 15 is 0 Å². The van der Waals surface area contributed by atoms with Crippen LogP contribution in [0.1, 0.15) is 200 Å². The van der Waals surface area contributed by atoms with Gasteiger partial charge in [-0.25, -0.2) is 0 Å². The van der Waals surface area contributed by atoms with E-state index in [-0.39, 0.29) is 18.9 Å². The minimum absolute atomic E-state index is 0.220. The predicted molar refractivity (Wildman–Crippen MR) is 378 cm³/mol. The molecule has 3 saturated heterocycles. The summed E-state index contributed by atoms with van der Waals surface area (Å²) in [6, 6.07) is -0.988. The lowest BCUT2D eigenvalue weighted by molar-refractivity contribution is -0.379. The molecule has 19 nitrogen and oxygen atoms in total. The van der Waals surface area contributed by atoms with Crippen molar-refractivity contribution in [2.24, 2.45) is 0 Å². The molecule has 0 bridgehead atoms. The first-order valence-electron chi connectivity index (χ1n) is 36.1. The molecule has 12 N–H and O–H groups in total. The zero-order chi connectivity index (χ0) is 69.6. The summed E-state index contributed by atoms with van der Waals surface area (Å²) in [5, 5.41) is 120. The molecule has 0 spiro atoms.